The van der Waals surface area contributed by atoms with Crippen molar-refractivity contribution in [2.75, 3.05) is 23.3 Å². The Morgan fingerprint density at radius 3 is 2.57 bits per heavy atom. The van der Waals surface area contributed by atoms with E-state index in [4.69, 9.17) is 0 Å². The maximum Gasteiger partial charge on any atom is 0.237 e. The van der Waals surface area contributed by atoms with Gasteiger partial charge >= 0.3 is 0 Å². The highest BCUT2D eigenvalue weighted by Crippen LogP contribution is 2.30. The van der Waals surface area contributed by atoms with E-state index in [1.54, 1.807) is 18.0 Å². The first kappa shape index (κ1) is 18.8. The van der Waals surface area contributed by atoms with Gasteiger partial charge in [-0.15, -0.1) is 11.8 Å². The molecule has 0 saturated carbocycles. The van der Waals surface area contributed by atoms with Gasteiger partial charge in [0.1, 0.15) is 0 Å². The van der Waals surface area contributed by atoms with Crippen molar-refractivity contribution in [2.45, 2.75) is 36.3 Å². The molecule has 144 valence electrons. The molecule has 1 unspecified atom stereocenters. The van der Waals surface area contributed by atoms with Gasteiger partial charge in [-0.05, 0) is 62.6 Å². The number of hydrogen-bond donors (Lipinski definition) is 1. The molecule has 2 aromatic carbocycles. The lowest BCUT2D eigenvalue weighted by atomic mass is 10.1. The van der Waals surface area contributed by atoms with E-state index in [1.165, 1.54) is 24.9 Å². The number of benzene rings is 2. The van der Waals surface area contributed by atoms with Gasteiger partial charge in [0.25, 0.3) is 0 Å². The van der Waals surface area contributed by atoms with E-state index in [1.807, 2.05) is 43.3 Å². The van der Waals surface area contributed by atoms with Crippen molar-refractivity contribution < 1.29 is 4.79 Å². The Kier molecular flexibility index (Phi) is 5.81. The maximum atomic E-state index is 12.7. The molecule has 3 aromatic rings. The van der Waals surface area contributed by atoms with Gasteiger partial charge < -0.3 is 10.2 Å². The third-order valence-electron chi connectivity index (χ3n) is 5.14. The monoisotopic (exact) mass is 391 g/mol. The fourth-order valence-electron chi connectivity index (χ4n) is 3.57. The van der Waals surface area contributed by atoms with E-state index in [9.17, 15) is 4.79 Å². The normalized spacial score (nSPS) is 15.4. The molecule has 1 fully saturated rings. The van der Waals surface area contributed by atoms with Crippen molar-refractivity contribution in [3.05, 3.63) is 60.8 Å². The molecule has 1 amide bonds. The molecule has 2 heterocycles. The second kappa shape index (κ2) is 8.65. The number of amides is 1. The molecule has 5 heteroatoms. The summed E-state index contributed by atoms with van der Waals surface area (Å²) in [5, 5.41) is 3.93. The third kappa shape index (κ3) is 4.30. The summed E-state index contributed by atoms with van der Waals surface area (Å²) in [5.41, 5.74) is 3.04. The van der Waals surface area contributed by atoms with Crippen LogP contribution in [-0.2, 0) is 4.79 Å². The number of carbonyl (C=O) groups excluding carboxylic acids is 1. The van der Waals surface area contributed by atoms with Crippen LogP contribution in [0.4, 0.5) is 11.4 Å². The number of aromatic nitrogens is 1. The molecule has 1 aliphatic rings. The van der Waals surface area contributed by atoms with Gasteiger partial charge in [-0.2, -0.15) is 0 Å². The fourth-order valence-corrected chi connectivity index (χ4v) is 4.55. The molecule has 4 nitrogen and oxygen atoms in total. The summed E-state index contributed by atoms with van der Waals surface area (Å²) < 4.78 is 0. The molecule has 1 saturated heterocycles. The SMILES string of the molecule is CC(Sc1ccnc2ccccc12)C(=O)Nc1ccc(N2CCCCC2)cc1. The standard InChI is InChI=1S/C23H25N3OS/c1-17(28-22-13-14-24-21-8-4-3-7-20(21)22)23(27)25-18-9-11-19(12-10-18)26-15-5-2-6-16-26/h3-4,7-14,17H,2,5-6,15-16H2,1H3,(H,25,27). The first-order valence-corrected chi connectivity index (χ1v) is 10.7. The van der Waals surface area contributed by atoms with Crippen molar-refractivity contribution in [2.24, 2.45) is 0 Å². The van der Waals surface area contributed by atoms with Crippen LogP contribution in [0.2, 0.25) is 0 Å². The summed E-state index contributed by atoms with van der Waals surface area (Å²) >= 11 is 1.57. The zero-order valence-corrected chi connectivity index (χ0v) is 16.9. The minimum absolute atomic E-state index is 0.0108. The maximum absolute atomic E-state index is 12.7. The Balaban J connectivity index is 1.40. The lowest BCUT2D eigenvalue weighted by Gasteiger charge is -2.28. The van der Waals surface area contributed by atoms with Crippen LogP contribution >= 0.6 is 11.8 Å². The number of nitrogens with one attached hydrogen (secondary N) is 1. The molecule has 28 heavy (non-hydrogen) atoms. The first-order chi connectivity index (χ1) is 13.7. The largest absolute Gasteiger partial charge is 0.372 e. The van der Waals surface area contributed by atoms with Crippen molar-refractivity contribution >= 4 is 39.9 Å². The predicted molar refractivity (Wildman–Crippen MR) is 118 cm³/mol. The predicted octanol–water partition coefficient (Wildman–Crippen LogP) is 5.34. The van der Waals surface area contributed by atoms with Crippen LogP contribution in [0.25, 0.3) is 10.9 Å². The summed E-state index contributed by atoms with van der Waals surface area (Å²) in [5.74, 6) is 0.0108. The smallest absolute Gasteiger partial charge is 0.237 e. The Morgan fingerprint density at radius 2 is 1.79 bits per heavy atom. The van der Waals surface area contributed by atoms with E-state index in [0.717, 1.165) is 34.6 Å². The Morgan fingerprint density at radius 1 is 1.04 bits per heavy atom. The molecule has 1 atom stereocenters. The molecule has 0 spiro atoms. The molecule has 1 aromatic heterocycles. The topological polar surface area (TPSA) is 45.2 Å². The number of hydrogen-bond acceptors (Lipinski definition) is 4. The number of pyridine rings is 1. The molecule has 1 N–H and O–H groups in total. The number of piperidine rings is 1. The summed E-state index contributed by atoms with van der Waals surface area (Å²) in [6.45, 7) is 4.19. The zero-order chi connectivity index (χ0) is 19.3. The van der Waals surface area contributed by atoms with Crippen LogP contribution in [0.1, 0.15) is 26.2 Å². The zero-order valence-electron chi connectivity index (χ0n) is 16.1. The molecule has 1 aliphatic heterocycles. The van der Waals surface area contributed by atoms with Crippen molar-refractivity contribution in [1.29, 1.82) is 0 Å². The summed E-state index contributed by atoms with van der Waals surface area (Å²) in [7, 11) is 0. The van der Waals surface area contributed by atoms with Gasteiger partial charge in [-0.3, -0.25) is 9.78 Å². The van der Waals surface area contributed by atoms with Crippen molar-refractivity contribution in [1.82, 2.24) is 4.98 Å². The lowest BCUT2D eigenvalue weighted by Crippen LogP contribution is -2.29. The Hall–Kier alpha value is -2.53. The number of para-hydroxylation sites is 1. The van der Waals surface area contributed by atoms with E-state index >= 15 is 0 Å². The van der Waals surface area contributed by atoms with E-state index < -0.39 is 0 Å². The van der Waals surface area contributed by atoms with Crippen LogP contribution in [0, 0.1) is 0 Å². The number of anilines is 2. The molecule has 0 bridgehead atoms. The second-order valence-electron chi connectivity index (χ2n) is 7.17. The van der Waals surface area contributed by atoms with Gasteiger partial charge in [0.2, 0.25) is 5.91 Å². The highest BCUT2D eigenvalue weighted by molar-refractivity contribution is 8.00. The average Bonchev–Trinajstić information content (AvgIpc) is 2.75. The number of carbonyl (C=O) groups is 1. The molecular formula is C23H25N3OS. The highest BCUT2D eigenvalue weighted by atomic mass is 32.2. The number of rotatable bonds is 5. The molecule has 0 aliphatic carbocycles. The van der Waals surface area contributed by atoms with E-state index in [0.29, 0.717) is 0 Å². The Bertz CT molecular complexity index is 946. The lowest BCUT2D eigenvalue weighted by molar-refractivity contribution is -0.115. The number of fused-ring (bicyclic) bond motifs is 1. The van der Waals surface area contributed by atoms with Gasteiger partial charge in [-0.1, -0.05) is 18.2 Å². The minimum atomic E-state index is -0.201. The van der Waals surface area contributed by atoms with Crippen molar-refractivity contribution in [3.63, 3.8) is 0 Å². The third-order valence-corrected chi connectivity index (χ3v) is 6.32. The highest BCUT2D eigenvalue weighted by Gasteiger charge is 2.17. The summed E-state index contributed by atoms with van der Waals surface area (Å²) in [6, 6.07) is 18.2. The van der Waals surface area contributed by atoms with Gasteiger partial charge in [0, 0.05) is 40.9 Å². The van der Waals surface area contributed by atoms with Crippen LogP contribution in [0.3, 0.4) is 0 Å². The van der Waals surface area contributed by atoms with Crippen LogP contribution in [-0.4, -0.2) is 29.2 Å². The average molecular weight is 392 g/mol. The quantitative estimate of drug-likeness (QED) is 0.596. The van der Waals surface area contributed by atoms with Crippen molar-refractivity contribution in [3.8, 4) is 0 Å². The van der Waals surface area contributed by atoms with Crippen LogP contribution in [0.5, 0.6) is 0 Å². The van der Waals surface area contributed by atoms with Crippen LogP contribution < -0.4 is 10.2 Å². The number of nitrogens with zero attached hydrogens (tertiary/aromatic N) is 2. The fraction of sp³-hybridized carbons (Fsp3) is 0.304. The van der Waals surface area contributed by atoms with Gasteiger partial charge in [-0.25, -0.2) is 0 Å². The second-order valence-corrected chi connectivity index (χ2v) is 8.55. The van der Waals surface area contributed by atoms with Gasteiger partial charge in [0.05, 0.1) is 10.8 Å². The minimum Gasteiger partial charge on any atom is -0.372 e. The number of thioether (sulfide) groups is 1. The van der Waals surface area contributed by atoms with Gasteiger partial charge in [0.15, 0.2) is 0 Å². The Labute approximate surface area is 170 Å². The molecular weight excluding hydrogens is 366 g/mol. The summed E-state index contributed by atoms with van der Waals surface area (Å²) in [6.07, 6.45) is 5.65. The van der Waals surface area contributed by atoms with E-state index in [-0.39, 0.29) is 11.2 Å². The first-order valence-electron chi connectivity index (χ1n) is 9.87. The molecule has 0 radical (unpaired) electrons. The van der Waals surface area contributed by atoms with E-state index in [2.05, 4.69) is 33.4 Å². The van der Waals surface area contributed by atoms with Crippen LogP contribution in [0.15, 0.2) is 65.7 Å². The molecule has 4 rings (SSSR count). The summed E-state index contributed by atoms with van der Waals surface area (Å²) in [4.78, 5) is 20.6.